The number of aliphatic hydroxyl groups excluding tert-OH is 1. The van der Waals surface area contributed by atoms with E-state index in [-0.39, 0.29) is 24.4 Å². The van der Waals surface area contributed by atoms with Crippen molar-refractivity contribution in [2.24, 2.45) is 5.92 Å². The Hall–Kier alpha value is -2.33. The number of carbonyl (C=O) groups is 1. The second-order valence-electron chi connectivity index (χ2n) is 7.06. The number of thioether (sulfide) groups is 1. The van der Waals surface area contributed by atoms with Gasteiger partial charge in [-0.2, -0.15) is 0 Å². The van der Waals surface area contributed by atoms with E-state index in [2.05, 4.69) is 30.4 Å². The fourth-order valence-electron chi connectivity index (χ4n) is 3.25. The van der Waals surface area contributed by atoms with Crippen molar-refractivity contribution in [1.29, 1.82) is 0 Å². The molecule has 3 atom stereocenters. The molecule has 0 bridgehead atoms. The molecule has 6 heteroatoms. The summed E-state index contributed by atoms with van der Waals surface area (Å²) in [5.74, 6) is 2.26. The summed E-state index contributed by atoms with van der Waals surface area (Å²) in [6, 6.07) is 10.2. The molecule has 0 fully saturated rings. The maximum Gasteiger partial charge on any atom is 0.384 e. The van der Waals surface area contributed by atoms with Crippen molar-refractivity contribution in [2.45, 2.75) is 30.6 Å². The van der Waals surface area contributed by atoms with Crippen molar-refractivity contribution >= 4 is 39.7 Å². The Labute approximate surface area is 187 Å². The molecular weight excluding hydrogens is 416 g/mol. The summed E-state index contributed by atoms with van der Waals surface area (Å²) < 4.78 is 11.5. The maximum atomic E-state index is 10.8. The lowest BCUT2D eigenvalue weighted by molar-refractivity contribution is -0.136. The first-order valence-corrected chi connectivity index (χ1v) is 11.2. The number of carbonyl (C=O) groups excluding carboxylic acids is 1. The van der Waals surface area contributed by atoms with E-state index in [1.807, 2.05) is 30.2 Å². The van der Waals surface area contributed by atoms with Gasteiger partial charge < -0.3 is 14.6 Å². The summed E-state index contributed by atoms with van der Waals surface area (Å²) >= 11 is 7.31. The van der Waals surface area contributed by atoms with Crippen molar-refractivity contribution in [3.8, 4) is 12.3 Å². The molecule has 0 aromatic heterocycles. The molecule has 3 unspecified atom stereocenters. The highest BCUT2D eigenvalue weighted by Gasteiger charge is 2.29. The van der Waals surface area contributed by atoms with Crippen molar-refractivity contribution < 1.29 is 19.4 Å². The standard InChI is InChI=1S/C24H24O4S2/c1-2-23(26)27-13-7-6-10-19(25)16-28-20-12-11-18-14-21(17-8-4-3-5-9-17)24(29)30-22(18)15-20/h1,3-5,8-9,11-12,14-15,18-19,22,25H,6-7,10,13,16H2. The van der Waals surface area contributed by atoms with Crippen molar-refractivity contribution in [3.05, 3.63) is 66.0 Å². The number of ether oxygens (including phenoxy) is 2. The number of hydrogen-bond acceptors (Lipinski definition) is 6. The van der Waals surface area contributed by atoms with Crippen LogP contribution < -0.4 is 0 Å². The molecule has 3 rings (SSSR count). The third-order valence-corrected chi connectivity index (χ3v) is 6.49. The largest absolute Gasteiger partial charge is 0.491 e. The predicted molar refractivity (Wildman–Crippen MR) is 125 cm³/mol. The molecule has 1 aromatic rings. The summed E-state index contributed by atoms with van der Waals surface area (Å²) in [6.07, 6.45) is 14.7. The molecule has 0 saturated heterocycles. The molecule has 30 heavy (non-hydrogen) atoms. The highest BCUT2D eigenvalue weighted by molar-refractivity contribution is 8.25. The molecule has 1 N–H and O–H groups in total. The lowest BCUT2D eigenvalue weighted by atomic mass is 9.94. The van der Waals surface area contributed by atoms with Gasteiger partial charge in [0.1, 0.15) is 12.4 Å². The van der Waals surface area contributed by atoms with Crippen LogP contribution >= 0.6 is 24.0 Å². The number of fused-ring (bicyclic) bond motifs is 1. The maximum absolute atomic E-state index is 10.8. The average Bonchev–Trinajstić information content (AvgIpc) is 2.77. The number of rotatable bonds is 9. The van der Waals surface area contributed by atoms with E-state index >= 15 is 0 Å². The second-order valence-corrected chi connectivity index (χ2v) is 8.92. The number of esters is 1. The SMILES string of the molecule is C#CC(=O)OCCCCC(O)COC1=CC2SC(=S)C(c3ccccc3)=CC2C=C1. The van der Waals surface area contributed by atoms with E-state index < -0.39 is 12.1 Å². The van der Waals surface area contributed by atoms with Crippen LogP contribution in [0.2, 0.25) is 0 Å². The van der Waals surface area contributed by atoms with Gasteiger partial charge >= 0.3 is 5.97 Å². The molecule has 1 heterocycles. The number of unbranched alkanes of at least 4 members (excludes halogenated alkanes) is 1. The first kappa shape index (κ1) is 22.4. The molecule has 0 saturated carbocycles. The van der Waals surface area contributed by atoms with Crippen LogP contribution in [0.5, 0.6) is 0 Å². The lowest BCUT2D eigenvalue weighted by Crippen LogP contribution is -2.23. The van der Waals surface area contributed by atoms with E-state index in [0.29, 0.717) is 12.8 Å². The summed E-state index contributed by atoms with van der Waals surface area (Å²) in [6.45, 7) is 0.487. The molecule has 156 valence electrons. The van der Waals surface area contributed by atoms with Gasteiger partial charge in [0.05, 0.1) is 16.9 Å². The van der Waals surface area contributed by atoms with Crippen molar-refractivity contribution in [3.63, 3.8) is 0 Å². The first-order chi connectivity index (χ1) is 14.6. The molecule has 1 aliphatic carbocycles. The van der Waals surface area contributed by atoms with Gasteiger partial charge in [0.15, 0.2) is 0 Å². The number of benzene rings is 1. The van der Waals surface area contributed by atoms with E-state index in [1.54, 1.807) is 11.8 Å². The van der Waals surface area contributed by atoms with E-state index in [9.17, 15) is 9.90 Å². The summed E-state index contributed by atoms with van der Waals surface area (Å²) in [7, 11) is 0. The Morgan fingerprint density at radius 2 is 2.07 bits per heavy atom. The van der Waals surface area contributed by atoms with Gasteiger partial charge in [-0.05, 0) is 37.0 Å². The Bertz CT molecular complexity index is 896. The minimum absolute atomic E-state index is 0.202. The normalized spacial score (nSPS) is 21.0. The lowest BCUT2D eigenvalue weighted by Gasteiger charge is -2.29. The zero-order valence-electron chi connectivity index (χ0n) is 16.5. The van der Waals surface area contributed by atoms with Gasteiger partial charge in [0, 0.05) is 22.7 Å². The molecule has 0 radical (unpaired) electrons. The topological polar surface area (TPSA) is 55.8 Å². The summed E-state index contributed by atoms with van der Waals surface area (Å²) in [5.41, 5.74) is 2.26. The van der Waals surface area contributed by atoms with Crippen LogP contribution in [0.15, 0.2) is 60.4 Å². The number of terminal acetylenes is 1. The van der Waals surface area contributed by atoms with Crippen LogP contribution in [0, 0.1) is 18.3 Å². The molecule has 1 aliphatic heterocycles. The van der Waals surface area contributed by atoms with Gasteiger partial charge in [0.2, 0.25) is 0 Å². The van der Waals surface area contributed by atoms with Crippen LogP contribution in [-0.4, -0.2) is 39.8 Å². The Kier molecular flexibility index (Phi) is 8.32. The number of aliphatic hydroxyl groups is 1. The van der Waals surface area contributed by atoms with Crippen molar-refractivity contribution in [1.82, 2.24) is 0 Å². The third-order valence-electron chi connectivity index (χ3n) is 4.82. The zero-order chi connectivity index (χ0) is 21.3. The Balaban J connectivity index is 1.45. The fraction of sp³-hybridized carbons (Fsp3) is 0.333. The molecule has 0 spiro atoms. The minimum Gasteiger partial charge on any atom is -0.491 e. The Morgan fingerprint density at radius 3 is 2.83 bits per heavy atom. The van der Waals surface area contributed by atoms with Gasteiger partial charge in [-0.15, -0.1) is 18.2 Å². The van der Waals surface area contributed by atoms with Crippen LogP contribution in [0.4, 0.5) is 0 Å². The summed E-state index contributed by atoms with van der Waals surface area (Å²) in [4.78, 5) is 10.8. The van der Waals surface area contributed by atoms with Crippen LogP contribution in [-0.2, 0) is 14.3 Å². The van der Waals surface area contributed by atoms with E-state index in [4.69, 9.17) is 28.1 Å². The van der Waals surface area contributed by atoms with Gasteiger partial charge in [0.25, 0.3) is 0 Å². The van der Waals surface area contributed by atoms with Gasteiger partial charge in [-0.3, -0.25) is 0 Å². The van der Waals surface area contributed by atoms with E-state index in [1.165, 1.54) is 0 Å². The summed E-state index contributed by atoms with van der Waals surface area (Å²) in [5, 5.41) is 10.3. The van der Waals surface area contributed by atoms with Crippen LogP contribution in [0.1, 0.15) is 24.8 Å². The first-order valence-electron chi connectivity index (χ1n) is 9.89. The monoisotopic (exact) mass is 440 g/mol. The predicted octanol–water partition coefficient (Wildman–Crippen LogP) is 4.31. The van der Waals surface area contributed by atoms with Gasteiger partial charge in [-0.1, -0.05) is 54.7 Å². The highest BCUT2D eigenvalue weighted by Crippen LogP contribution is 2.40. The number of allylic oxidation sites excluding steroid dienone is 3. The molecule has 1 aromatic carbocycles. The van der Waals surface area contributed by atoms with Crippen LogP contribution in [0.25, 0.3) is 5.57 Å². The number of hydrogen-bond donors (Lipinski definition) is 1. The molecule has 0 amide bonds. The number of thiocarbonyl (C=S) groups is 1. The Morgan fingerprint density at radius 1 is 1.27 bits per heavy atom. The van der Waals surface area contributed by atoms with Crippen molar-refractivity contribution in [2.75, 3.05) is 13.2 Å². The zero-order valence-corrected chi connectivity index (χ0v) is 18.2. The highest BCUT2D eigenvalue weighted by atomic mass is 32.2. The molecule has 4 nitrogen and oxygen atoms in total. The fourth-order valence-corrected chi connectivity index (χ4v) is 4.85. The quantitative estimate of drug-likeness (QED) is 0.203. The minimum atomic E-state index is -0.654. The third kappa shape index (κ3) is 6.33. The van der Waals surface area contributed by atoms with E-state index in [0.717, 1.165) is 27.5 Å². The molecular formula is C24H24O4S2. The second kappa shape index (κ2) is 11.2. The van der Waals surface area contributed by atoms with Crippen LogP contribution in [0.3, 0.4) is 0 Å². The smallest absolute Gasteiger partial charge is 0.384 e. The van der Waals surface area contributed by atoms with Gasteiger partial charge in [-0.25, -0.2) is 4.79 Å². The molecule has 2 aliphatic rings. The average molecular weight is 441 g/mol.